The van der Waals surface area contributed by atoms with Crippen molar-refractivity contribution in [3.8, 4) is 5.75 Å². The molecule has 8 nitrogen and oxygen atoms in total. The van der Waals surface area contributed by atoms with Gasteiger partial charge in [-0.1, -0.05) is 23.9 Å². The maximum absolute atomic E-state index is 12.2. The Hall–Kier alpha value is -3.46. The van der Waals surface area contributed by atoms with E-state index in [0.29, 0.717) is 38.8 Å². The molecule has 0 aliphatic heterocycles. The molecular formula is C19H14N6O2S. The Kier molecular flexibility index (Phi) is 3.94. The van der Waals surface area contributed by atoms with Crippen molar-refractivity contribution in [2.24, 2.45) is 0 Å². The largest absolute Gasteiger partial charge is 0.497 e. The molecule has 0 spiro atoms. The highest BCUT2D eigenvalue weighted by molar-refractivity contribution is 7.98. The molecule has 0 aliphatic carbocycles. The predicted molar refractivity (Wildman–Crippen MR) is 108 cm³/mol. The molecule has 3 aromatic heterocycles. The average molecular weight is 390 g/mol. The summed E-state index contributed by atoms with van der Waals surface area (Å²) >= 11 is 1.36. The molecule has 9 heteroatoms. The Morgan fingerprint density at radius 2 is 1.93 bits per heavy atom. The van der Waals surface area contributed by atoms with E-state index in [1.807, 2.05) is 36.4 Å². The molecule has 0 radical (unpaired) electrons. The van der Waals surface area contributed by atoms with Crippen molar-refractivity contribution >= 4 is 44.7 Å². The topological polar surface area (TPSA) is 109 Å². The van der Waals surface area contributed by atoms with E-state index in [1.54, 1.807) is 13.2 Å². The molecule has 0 atom stereocenters. The van der Waals surface area contributed by atoms with Crippen LogP contribution >= 0.6 is 11.8 Å². The van der Waals surface area contributed by atoms with Gasteiger partial charge in [0.05, 0.1) is 23.8 Å². The molecule has 3 heterocycles. The van der Waals surface area contributed by atoms with Crippen molar-refractivity contribution in [3.63, 3.8) is 0 Å². The van der Waals surface area contributed by atoms with Gasteiger partial charge < -0.3 is 14.7 Å². The third-order valence-electron chi connectivity index (χ3n) is 4.40. The lowest BCUT2D eigenvalue weighted by Gasteiger charge is -2.02. The molecule has 28 heavy (non-hydrogen) atoms. The van der Waals surface area contributed by atoms with Crippen LogP contribution in [0.25, 0.3) is 33.0 Å². The number of para-hydroxylation sites is 1. The summed E-state index contributed by atoms with van der Waals surface area (Å²) in [6.45, 7) is 0. The van der Waals surface area contributed by atoms with E-state index >= 15 is 0 Å². The summed E-state index contributed by atoms with van der Waals surface area (Å²) in [5.41, 5.74) is 2.78. The van der Waals surface area contributed by atoms with Gasteiger partial charge in [0.15, 0.2) is 5.65 Å². The quantitative estimate of drug-likeness (QED) is 0.454. The zero-order valence-electron chi connectivity index (χ0n) is 14.8. The normalized spacial score (nSPS) is 11.5. The van der Waals surface area contributed by atoms with Crippen molar-refractivity contribution < 1.29 is 4.74 Å². The van der Waals surface area contributed by atoms with Crippen molar-refractivity contribution in [1.82, 2.24) is 30.1 Å². The lowest BCUT2D eigenvalue weighted by Crippen LogP contribution is -2.11. The van der Waals surface area contributed by atoms with Crippen LogP contribution in [0.1, 0.15) is 5.82 Å². The standard InChI is InChI=1S/C19H14N6O2S/c1-27-10-6-7-14-12(8-10)16-17(21-14)23-19(25-24-16)28-9-15-20-13-5-3-2-4-11(13)18(26)22-15/h2-8H,9H2,1H3,(H,20,22,26)(H,21,23,25). The molecule has 2 N–H and O–H groups in total. The Morgan fingerprint density at radius 1 is 1.04 bits per heavy atom. The first-order valence-corrected chi connectivity index (χ1v) is 9.51. The molecule has 0 bridgehead atoms. The molecule has 0 amide bonds. The average Bonchev–Trinajstić information content (AvgIpc) is 3.09. The molecule has 0 saturated carbocycles. The number of rotatable bonds is 4. The van der Waals surface area contributed by atoms with Crippen LogP contribution in [-0.2, 0) is 5.75 Å². The summed E-state index contributed by atoms with van der Waals surface area (Å²) in [5.74, 6) is 1.75. The fraction of sp³-hybridized carbons (Fsp3) is 0.105. The third kappa shape index (κ3) is 2.85. The molecule has 2 aromatic carbocycles. The molecule has 0 saturated heterocycles. The Bertz CT molecular complexity index is 1390. The van der Waals surface area contributed by atoms with Crippen LogP contribution in [0.4, 0.5) is 0 Å². The maximum Gasteiger partial charge on any atom is 0.258 e. The van der Waals surface area contributed by atoms with Gasteiger partial charge >= 0.3 is 0 Å². The summed E-state index contributed by atoms with van der Waals surface area (Å²) in [6, 6.07) is 13.0. The van der Waals surface area contributed by atoms with Crippen LogP contribution < -0.4 is 10.3 Å². The number of nitrogens with one attached hydrogen (secondary N) is 2. The van der Waals surface area contributed by atoms with E-state index in [-0.39, 0.29) is 5.56 Å². The van der Waals surface area contributed by atoms with E-state index in [0.717, 1.165) is 16.7 Å². The molecule has 0 fully saturated rings. The van der Waals surface area contributed by atoms with E-state index < -0.39 is 0 Å². The number of fused-ring (bicyclic) bond motifs is 4. The van der Waals surface area contributed by atoms with Crippen LogP contribution in [0, 0.1) is 0 Å². The second-order valence-corrected chi connectivity index (χ2v) is 7.09. The summed E-state index contributed by atoms with van der Waals surface area (Å²) in [4.78, 5) is 27.3. The molecular weight excluding hydrogens is 376 g/mol. The van der Waals surface area contributed by atoms with Gasteiger partial charge in [-0.2, -0.15) is 0 Å². The van der Waals surface area contributed by atoms with E-state index in [2.05, 4.69) is 30.1 Å². The number of hydrogen-bond acceptors (Lipinski definition) is 7. The van der Waals surface area contributed by atoms with Crippen molar-refractivity contribution in [3.05, 3.63) is 58.6 Å². The van der Waals surface area contributed by atoms with Crippen LogP contribution in [-0.4, -0.2) is 37.2 Å². The second kappa shape index (κ2) is 6.61. The second-order valence-electron chi connectivity index (χ2n) is 6.15. The number of hydrogen-bond donors (Lipinski definition) is 2. The fourth-order valence-electron chi connectivity index (χ4n) is 3.06. The molecule has 0 aliphatic rings. The first-order chi connectivity index (χ1) is 13.7. The van der Waals surface area contributed by atoms with Crippen LogP contribution in [0.3, 0.4) is 0 Å². The van der Waals surface area contributed by atoms with Crippen molar-refractivity contribution in [1.29, 1.82) is 0 Å². The van der Waals surface area contributed by atoms with Crippen LogP contribution in [0.5, 0.6) is 5.75 Å². The Balaban J connectivity index is 1.45. The van der Waals surface area contributed by atoms with E-state index in [9.17, 15) is 4.79 Å². The first-order valence-electron chi connectivity index (χ1n) is 8.52. The van der Waals surface area contributed by atoms with Gasteiger partial charge in [-0.3, -0.25) is 4.79 Å². The van der Waals surface area contributed by atoms with Gasteiger partial charge in [0.1, 0.15) is 17.1 Å². The van der Waals surface area contributed by atoms with Gasteiger partial charge in [0.25, 0.3) is 5.56 Å². The maximum atomic E-state index is 12.2. The van der Waals surface area contributed by atoms with Crippen molar-refractivity contribution in [2.75, 3.05) is 7.11 Å². The number of H-pyrrole nitrogens is 2. The highest BCUT2D eigenvalue weighted by atomic mass is 32.2. The highest BCUT2D eigenvalue weighted by Gasteiger charge is 2.11. The summed E-state index contributed by atoms with van der Waals surface area (Å²) in [6.07, 6.45) is 0. The number of nitrogens with zero attached hydrogens (tertiary/aromatic N) is 4. The SMILES string of the molecule is COc1ccc2[nH]c3nc(SCc4nc5ccccc5c(=O)[nH]4)nnc3c2c1. The van der Waals surface area contributed by atoms with Crippen molar-refractivity contribution in [2.45, 2.75) is 10.9 Å². The number of methoxy groups -OCH3 is 1. The lowest BCUT2D eigenvalue weighted by atomic mass is 10.2. The summed E-state index contributed by atoms with van der Waals surface area (Å²) in [5, 5.41) is 10.5. The van der Waals surface area contributed by atoms with Crippen LogP contribution in [0.2, 0.25) is 0 Å². The highest BCUT2D eigenvalue weighted by Crippen LogP contribution is 2.27. The predicted octanol–water partition coefficient (Wildman–Crippen LogP) is 3.04. The van der Waals surface area contributed by atoms with Gasteiger partial charge in [0.2, 0.25) is 5.16 Å². The Labute approximate surface area is 162 Å². The minimum absolute atomic E-state index is 0.153. The zero-order valence-corrected chi connectivity index (χ0v) is 15.6. The number of aromatic amines is 2. The number of thioether (sulfide) groups is 1. The van der Waals surface area contributed by atoms with Gasteiger partial charge in [-0.05, 0) is 30.3 Å². The molecule has 5 rings (SSSR count). The monoisotopic (exact) mass is 390 g/mol. The zero-order chi connectivity index (χ0) is 19.1. The van der Waals surface area contributed by atoms with Gasteiger partial charge in [-0.25, -0.2) is 9.97 Å². The molecule has 5 aromatic rings. The minimum atomic E-state index is -0.153. The number of benzene rings is 2. The van der Waals surface area contributed by atoms with Gasteiger partial charge in [-0.15, -0.1) is 10.2 Å². The molecule has 138 valence electrons. The Morgan fingerprint density at radius 3 is 2.82 bits per heavy atom. The third-order valence-corrected chi connectivity index (χ3v) is 5.25. The summed E-state index contributed by atoms with van der Waals surface area (Å²) in [7, 11) is 1.62. The smallest absolute Gasteiger partial charge is 0.258 e. The van der Waals surface area contributed by atoms with Crippen LogP contribution in [0.15, 0.2) is 52.4 Å². The minimum Gasteiger partial charge on any atom is -0.497 e. The van der Waals surface area contributed by atoms with E-state index in [1.165, 1.54) is 11.8 Å². The first kappa shape index (κ1) is 16.7. The van der Waals surface area contributed by atoms with E-state index in [4.69, 9.17) is 4.74 Å². The summed E-state index contributed by atoms with van der Waals surface area (Å²) < 4.78 is 5.27. The molecule has 0 unspecified atom stereocenters. The number of aromatic nitrogens is 6. The fourth-order valence-corrected chi connectivity index (χ4v) is 3.72. The number of ether oxygens (including phenoxy) is 1. The lowest BCUT2D eigenvalue weighted by molar-refractivity contribution is 0.415. The van der Waals surface area contributed by atoms with Gasteiger partial charge in [0, 0.05) is 10.9 Å².